The van der Waals surface area contributed by atoms with Crippen LogP contribution in [0.25, 0.3) is 11.3 Å². The van der Waals surface area contributed by atoms with E-state index in [9.17, 15) is 4.79 Å². The van der Waals surface area contributed by atoms with Crippen LogP contribution in [0.15, 0.2) is 24.3 Å². The van der Waals surface area contributed by atoms with Gasteiger partial charge in [0.25, 0.3) is 0 Å². The molecule has 1 aliphatic rings. The molecule has 1 fully saturated rings. The first-order valence-electron chi connectivity index (χ1n) is 6.94. The number of nitrogens with one attached hydrogen (secondary N) is 1. The molecule has 1 aromatic carbocycles. The normalized spacial score (nSPS) is 16.7. The number of hydrogen-bond acceptors (Lipinski definition) is 3. The predicted octanol–water partition coefficient (Wildman–Crippen LogP) is 2.46. The Hall–Kier alpha value is -2.17. The molecule has 2 aromatic rings. The van der Waals surface area contributed by atoms with Gasteiger partial charge in [0.2, 0.25) is 5.91 Å². The Balaban J connectivity index is 1.93. The summed E-state index contributed by atoms with van der Waals surface area (Å²) in [6.07, 6.45) is 1.58. The highest BCUT2D eigenvalue weighted by molar-refractivity contribution is 5.79. The van der Waals surface area contributed by atoms with Crippen LogP contribution in [-0.4, -0.2) is 32.8 Å². The third kappa shape index (κ3) is 2.19. The molecule has 5 heteroatoms. The predicted molar refractivity (Wildman–Crippen MR) is 75.9 cm³/mol. The molecule has 1 aromatic heterocycles. The van der Waals surface area contributed by atoms with Gasteiger partial charge in [-0.05, 0) is 20.3 Å². The lowest BCUT2D eigenvalue weighted by molar-refractivity contribution is -0.129. The van der Waals surface area contributed by atoms with Gasteiger partial charge in [-0.25, -0.2) is 0 Å². The molecule has 1 saturated heterocycles. The maximum absolute atomic E-state index is 11.9. The standard InChI is InChI=1S/C15H18N4O/c1-10-5-7-12(8-6-10)15-14(16-18-17-15)11(2)19-9-3-4-13(19)20/h5-8,11H,3-4,9H2,1-2H3,(H,16,17,18). The van der Waals surface area contributed by atoms with Crippen LogP contribution in [0.4, 0.5) is 0 Å². The third-order valence-corrected chi connectivity index (χ3v) is 3.90. The second-order valence-corrected chi connectivity index (χ2v) is 5.31. The summed E-state index contributed by atoms with van der Waals surface area (Å²) < 4.78 is 0. The van der Waals surface area contributed by atoms with Crippen LogP contribution in [0.3, 0.4) is 0 Å². The zero-order valence-electron chi connectivity index (χ0n) is 11.8. The maximum atomic E-state index is 11.9. The van der Waals surface area contributed by atoms with E-state index in [4.69, 9.17) is 0 Å². The third-order valence-electron chi connectivity index (χ3n) is 3.90. The van der Waals surface area contributed by atoms with Gasteiger partial charge in [0, 0.05) is 18.5 Å². The van der Waals surface area contributed by atoms with Crippen molar-refractivity contribution < 1.29 is 4.79 Å². The van der Waals surface area contributed by atoms with Crippen molar-refractivity contribution in [3.63, 3.8) is 0 Å². The largest absolute Gasteiger partial charge is 0.334 e. The summed E-state index contributed by atoms with van der Waals surface area (Å²) in [6.45, 7) is 4.89. The quantitative estimate of drug-likeness (QED) is 0.932. The summed E-state index contributed by atoms with van der Waals surface area (Å²) in [7, 11) is 0. The van der Waals surface area contributed by atoms with Crippen LogP contribution in [-0.2, 0) is 4.79 Å². The van der Waals surface area contributed by atoms with Crippen LogP contribution < -0.4 is 0 Å². The highest BCUT2D eigenvalue weighted by Gasteiger charge is 2.29. The number of amides is 1. The number of aromatic nitrogens is 3. The average Bonchev–Trinajstić information content (AvgIpc) is 3.07. The first-order chi connectivity index (χ1) is 9.66. The molecule has 1 atom stereocenters. The van der Waals surface area contributed by atoms with Crippen LogP contribution in [0.2, 0.25) is 0 Å². The van der Waals surface area contributed by atoms with Gasteiger partial charge in [0.1, 0.15) is 5.69 Å². The van der Waals surface area contributed by atoms with Crippen molar-refractivity contribution in [1.82, 2.24) is 20.3 Å². The minimum absolute atomic E-state index is 0.0173. The van der Waals surface area contributed by atoms with Crippen LogP contribution in [0.5, 0.6) is 0 Å². The summed E-state index contributed by atoms with van der Waals surface area (Å²) in [5.41, 5.74) is 3.97. The number of nitrogens with zero attached hydrogens (tertiary/aromatic N) is 3. The van der Waals surface area contributed by atoms with E-state index in [0.29, 0.717) is 6.42 Å². The zero-order chi connectivity index (χ0) is 14.1. The number of H-pyrrole nitrogens is 1. The lowest BCUT2D eigenvalue weighted by atomic mass is 10.0. The molecule has 0 radical (unpaired) electrons. The molecule has 1 aliphatic heterocycles. The van der Waals surface area contributed by atoms with Gasteiger partial charge in [0.05, 0.1) is 11.7 Å². The number of hydrogen-bond donors (Lipinski definition) is 1. The van der Waals surface area contributed by atoms with Crippen molar-refractivity contribution >= 4 is 5.91 Å². The van der Waals surface area contributed by atoms with Crippen molar-refractivity contribution in [1.29, 1.82) is 0 Å². The van der Waals surface area contributed by atoms with Crippen molar-refractivity contribution in [3.05, 3.63) is 35.5 Å². The Morgan fingerprint density at radius 2 is 2.05 bits per heavy atom. The maximum Gasteiger partial charge on any atom is 0.223 e. The van der Waals surface area contributed by atoms with Gasteiger partial charge >= 0.3 is 0 Å². The fraction of sp³-hybridized carbons (Fsp3) is 0.400. The van der Waals surface area contributed by atoms with Gasteiger partial charge in [-0.3, -0.25) is 9.89 Å². The van der Waals surface area contributed by atoms with E-state index in [1.54, 1.807) is 0 Å². The van der Waals surface area contributed by atoms with E-state index in [0.717, 1.165) is 29.9 Å². The van der Waals surface area contributed by atoms with E-state index in [2.05, 4.69) is 34.5 Å². The number of benzene rings is 1. The molecular formula is C15H18N4O. The van der Waals surface area contributed by atoms with Crippen LogP contribution in [0.1, 0.15) is 37.1 Å². The Labute approximate surface area is 118 Å². The fourth-order valence-electron chi connectivity index (χ4n) is 2.69. The highest BCUT2D eigenvalue weighted by Crippen LogP contribution is 2.30. The van der Waals surface area contributed by atoms with Gasteiger partial charge < -0.3 is 4.90 Å². The molecule has 3 rings (SSSR count). The molecule has 5 nitrogen and oxygen atoms in total. The van der Waals surface area contributed by atoms with Crippen LogP contribution in [0, 0.1) is 6.92 Å². The van der Waals surface area contributed by atoms with Crippen molar-refractivity contribution in [2.75, 3.05) is 6.54 Å². The molecule has 1 N–H and O–H groups in total. The van der Waals surface area contributed by atoms with Crippen molar-refractivity contribution in [2.45, 2.75) is 32.7 Å². The minimum atomic E-state index is -0.0173. The van der Waals surface area contributed by atoms with E-state index >= 15 is 0 Å². The average molecular weight is 270 g/mol. The molecule has 2 heterocycles. The molecule has 1 amide bonds. The lowest BCUT2D eigenvalue weighted by Gasteiger charge is -2.23. The summed E-state index contributed by atoms with van der Waals surface area (Å²) in [5, 5.41) is 11.1. The number of rotatable bonds is 3. The summed E-state index contributed by atoms with van der Waals surface area (Å²) in [6, 6.07) is 8.17. The van der Waals surface area contributed by atoms with E-state index in [1.165, 1.54) is 5.56 Å². The number of carbonyl (C=O) groups is 1. The van der Waals surface area contributed by atoms with Gasteiger partial charge in [-0.2, -0.15) is 0 Å². The molecular weight excluding hydrogens is 252 g/mol. The summed E-state index contributed by atoms with van der Waals surface area (Å²) in [4.78, 5) is 13.8. The number of likely N-dealkylation sites (tertiary alicyclic amines) is 1. The fourth-order valence-corrected chi connectivity index (χ4v) is 2.69. The van der Waals surface area contributed by atoms with Gasteiger partial charge in [0.15, 0.2) is 0 Å². The van der Waals surface area contributed by atoms with Crippen LogP contribution >= 0.6 is 0 Å². The second-order valence-electron chi connectivity index (χ2n) is 5.31. The van der Waals surface area contributed by atoms with Gasteiger partial charge in [-0.1, -0.05) is 35.0 Å². The molecule has 20 heavy (non-hydrogen) atoms. The molecule has 0 saturated carbocycles. The smallest absolute Gasteiger partial charge is 0.223 e. The van der Waals surface area contributed by atoms with Crippen molar-refractivity contribution in [2.24, 2.45) is 0 Å². The first-order valence-corrected chi connectivity index (χ1v) is 6.94. The molecule has 0 bridgehead atoms. The van der Waals surface area contributed by atoms with E-state index in [-0.39, 0.29) is 11.9 Å². The molecule has 1 unspecified atom stereocenters. The summed E-state index contributed by atoms with van der Waals surface area (Å²) in [5.74, 6) is 0.210. The Bertz CT molecular complexity index is 617. The Morgan fingerprint density at radius 1 is 1.30 bits per heavy atom. The molecule has 104 valence electrons. The minimum Gasteiger partial charge on any atom is -0.334 e. The number of carbonyl (C=O) groups excluding carboxylic acids is 1. The van der Waals surface area contributed by atoms with Gasteiger partial charge in [-0.15, -0.1) is 5.10 Å². The molecule has 0 aliphatic carbocycles. The van der Waals surface area contributed by atoms with E-state index < -0.39 is 0 Å². The summed E-state index contributed by atoms with van der Waals surface area (Å²) >= 11 is 0. The van der Waals surface area contributed by atoms with Crippen molar-refractivity contribution in [3.8, 4) is 11.3 Å². The highest BCUT2D eigenvalue weighted by atomic mass is 16.2. The Kier molecular flexibility index (Phi) is 3.26. The zero-order valence-corrected chi connectivity index (χ0v) is 11.8. The SMILES string of the molecule is Cc1ccc(-c2nn[nH]c2C(C)N2CCCC2=O)cc1. The topological polar surface area (TPSA) is 61.9 Å². The Morgan fingerprint density at radius 3 is 2.70 bits per heavy atom. The first kappa shape index (κ1) is 12.8. The van der Waals surface area contributed by atoms with E-state index in [1.807, 2.05) is 24.0 Å². The molecule has 0 spiro atoms. The monoisotopic (exact) mass is 270 g/mol. The number of aryl methyl sites for hydroxylation is 1. The second kappa shape index (κ2) is 5.07. The lowest BCUT2D eigenvalue weighted by Crippen LogP contribution is -2.28. The number of aromatic amines is 1.